The summed E-state index contributed by atoms with van der Waals surface area (Å²) >= 11 is 1.45. The number of rotatable bonds is 4. The molecule has 0 saturated carbocycles. The normalized spacial score (nSPS) is 12.6. The van der Waals surface area contributed by atoms with Gasteiger partial charge in [0.25, 0.3) is 5.56 Å². The topological polar surface area (TPSA) is 91.1 Å². The van der Waals surface area contributed by atoms with E-state index in [-0.39, 0.29) is 10.8 Å². The van der Waals surface area contributed by atoms with Crippen molar-refractivity contribution in [3.8, 4) is 5.69 Å². The predicted molar refractivity (Wildman–Crippen MR) is 114 cm³/mol. The molecule has 3 heterocycles. The summed E-state index contributed by atoms with van der Waals surface area (Å²) in [5.41, 5.74) is 2.38. The molecule has 8 nitrogen and oxygen atoms in total. The molecule has 0 fully saturated rings. The maximum absolute atomic E-state index is 13.4. The summed E-state index contributed by atoms with van der Waals surface area (Å²) in [6, 6.07) is 15.2. The average Bonchev–Trinajstić information content (AvgIpc) is 3.36. The molecule has 5 aromatic rings. The van der Waals surface area contributed by atoms with Crippen LogP contribution in [0.25, 0.3) is 22.4 Å². The van der Waals surface area contributed by atoms with Gasteiger partial charge in [-0.25, -0.2) is 4.57 Å². The van der Waals surface area contributed by atoms with Gasteiger partial charge in [0.05, 0.1) is 21.8 Å². The highest BCUT2D eigenvalue weighted by atomic mass is 32.2. The van der Waals surface area contributed by atoms with Gasteiger partial charge in [-0.2, -0.15) is 4.98 Å². The zero-order valence-electron chi connectivity index (χ0n) is 16.6. The van der Waals surface area contributed by atoms with Crippen molar-refractivity contribution >= 4 is 28.4 Å². The molecule has 1 unspecified atom stereocenters. The van der Waals surface area contributed by atoms with Crippen LogP contribution in [0.4, 0.5) is 0 Å². The van der Waals surface area contributed by atoms with Crippen LogP contribution in [0.15, 0.2) is 63.0 Å². The van der Waals surface area contributed by atoms with Gasteiger partial charge in [-0.15, -0.1) is 10.2 Å². The molecule has 150 valence electrons. The van der Waals surface area contributed by atoms with Crippen molar-refractivity contribution in [1.82, 2.24) is 29.3 Å². The average molecular weight is 418 g/mol. The molecule has 1 atom stereocenters. The first-order valence-corrected chi connectivity index (χ1v) is 10.3. The lowest BCUT2D eigenvalue weighted by Crippen LogP contribution is -2.22. The minimum atomic E-state index is -0.129. The van der Waals surface area contributed by atoms with Gasteiger partial charge in [0.2, 0.25) is 11.7 Å². The fourth-order valence-electron chi connectivity index (χ4n) is 3.47. The minimum Gasteiger partial charge on any atom is -0.338 e. The second-order valence-electron chi connectivity index (χ2n) is 7.00. The third kappa shape index (κ3) is 2.89. The lowest BCUT2D eigenvalue weighted by Gasteiger charge is -2.13. The van der Waals surface area contributed by atoms with Gasteiger partial charge in [0, 0.05) is 0 Å². The lowest BCUT2D eigenvalue weighted by atomic mass is 10.2. The third-order valence-corrected chi connectivity index (χ3v) is 5.95. The zero-order chi connectivity index (χ0) is 20.8. The van der Waals surface area contributed by atoms with E-state index in [1.807, 2.05) is 66.8 Å². The Kier molecular flexibility index (Phi) is 4.39. The van der Waals surface area contributed by atoms with Crippen molar-refractivity contribution in [2.75, 3.05) is 0 Å². The van der Waals surface area contributed by atoms with E-state index in [1.165, 1.54) is 11.8 Å². The van der Waals surface area contributed by atoms with Crippen LogP contribution in [0.3, 0.4) is 0 Å². The highest BCUT2D eigenvalue weighted by Gasteiger charge is 2.22. The first kappa shape index (κ1) is 18.6. The Balaban J connectivity index is 1.77. The van der Waals surface area contributed by atoms with Crippen molar-refractivity contribution < 1.29 is 4.52 Å². The molecule has 0 spiro atoms. The van der Waals surface area contributed by atoms with Crippen LogP contribution >= 0.6 is 11.8 Å². The summed E-state index contributed by atoms with van der Waals surface area (Å²) in [6.07, 6.45) is 0. The maximum atomic E-state index is 13.4. The number of hydrogen-bond acceptors (Lipinski definition) is 7. The number of para-hydroxylation sites is 2. The number of aryl methyl sites for hydroxylation is 2. The Morgan fingerprint density at radius 2 is 1.80 bits per heavy atom. The van der Waals surface area contributed by atoms with Crippen LogP contribution in [-0.2, 0) is 0 Å². The highest BCUT2D eigenvalue weighted by molar-refractivity contribution is 7.99. The minimum absolute atomic E-state index is 0.128. The van der Waals surface area contributed by atoms with Crippen molar-refractivity contribution in [2.24, 2.45) is 0 Å². The highest BCUT2D eigenvalue weighted by Crippen LogP contribution is 2.34. The summed E-state index contributed by atoms with van der Waals surface area (Å²) in [5, 5.41) is 13.8. The van der Waals surface area contributed by atoms with Gasteiger partial charge in [-0.3, -0.25) is 9.20 Å². The number of fused-ring (bicyclic) bond motifs is 3. The Labute approximate surface area is 175 Å². The quantitative estimate of drug-likeness (QED) is 0.409. The van der Waals surface area contributed by atoms with Crippen molar-refractivity contribution in [2.45, 2.75) is 31.2 Å². The number of aromatic nitrogens is 6. The molecular formula is C21H18N6O2S. The van der Waals surface area contributed by atoms with Gasteiger partial charge in [-0.05, 0) is 44.5 Å². The Bertz CT molecular complexity index is 1450. The van der Waals surface area contributed by atoms with Crippen LogP contribution in [0.5, 0.6) is 0 Å². The summed E-state index contributed by atoms with van der Waals surface area (Å²) in [6.45, 7) is 5.73. The molecule has 30 heavy (non-hydrogen) atoms. The van der Waals surface area contributed by atoms with Crippen LogP contribution in [0.2, 0.25) is 0 Å². The Hall–Kier alpha value is -3.46. The van der Waals surface area contributed by atoms with Gasteiger partial charge in [-0.1, -0.05) is 47.3 Å². The van der Waals surface area contributed by atoms with E-state index < -0.39 is 0 Å². The number of nitrogens with zero attached hydrogens (tertiary/aromatic N) is 6. The van der Waals surface area contributed by atoms with E-state index in [0.717, 1.165) is 16.8 Å². The molecule has 0 amide bonds. The van der Waals surface area contributed by atoms with E-state index in [9.17, 15) is 4.79 Å². The fraction of sp³-hybridized carbons (Fsp3) is 0.190. The first-order chi connectivity index (χ1) is 14.5. The summed E-state index contributed by atoms with van der Waals surface area (Å²) < 4.78 is 8.84. The summed E-state index contributed by atoms with van der Waals surface area (Å²) in [7, 11) is 0. The van der Waals surface area contributed by atoms with Crippen molar-refractivity contribution in [1.29, 1.82) is 0 Å². The standard InChI is InChI=1S/C21H18N6O2S/c1-12-8-4-6-10-16(12)26-19(28)15-9-5-7-11-17(15)27-20(26)23-24-21(27)30-13(2)18-22-14(3)25-29-18/h4-11,13H,1-3H3. The molecule has 5 rings (SSSR count). The number of hydrogen-bond donors (Lipinski definition) is 0. The molecule has 3 aromatic heterocycles. The van der Waals surface area contributed by atoms with E-state index in [1.54, 1.807) is 11.5 Å². The molecule has 0 aliphatic carbocycles. The van der Waals surface area contributed by atoms with E-state index >= 15 is 0 Å². The van der Waals surface area contributed by atoms with E-state index in [2.05, 4.69) is 20.3 Å². The first-order valence-electron chi connectivity index (χ1n) is 9.46. The Morgan fingerprint density at radius 3 is 2.57 bits per heavy atom. The third-order valence-electron chi connectivity index (χ3n) is 4.92. The van der Waals surface area contributed by atoms with Gasteiger partial charge < -0.3 is 4.52 Å². The number of thioether (sulfide) groups is 1. The van der Waals surface area contributed by atoms with Crippen LogP contribution in [0.1, 0.15) is 29.5 Å². The molecule has 0 aliphatic heterocycles. The monoisotopic (exact) mass is 418 g/mol. The van der Waals surface area contributed by atoms with Crippen molar-refractivity contribution in [3.05, 3.63) is 76.2 Å². The van der Waals surface area contributed by atoms with E-state index in [4.69, 9.17) is 4.52 Å². The van der Waals surface area contributed by atoms with Gasteiger partial charge in [0.15, 0.2) is 11.0 Å². The second-order valence-corrected chi connectivity index (χ2v) is 8.31. The SMILES string of the molecule is Cc1noc(C(C)Sc2nnc3n(-c4ccccc4C)c(=O)c4ccccc4n23)n1. The maximum Gasteiger partial charge on any atom is 0.267 e. The molecule has 0 aliphatic rings. The molecule has 9 heteroatoms. The lowest BCUT2D eigenvalue weighted by molar-refractivity contribution is 0.376. The van der Waals surface area contributed by atoms with Crippen molar-refractivity contribution in [3.63, 3.8) is 0 Å². The molecule has 0 saturated heterocycles. The van der Waals surface area contributed by atoms with Crippen LogP contribution in [0, 0.1) is 13.8 Å². The smallest absolute Gasteiger partial charge is 0.267 e. The summed E-state index contributed by atoms with van der Waals surface area (Å²) in [4.78, 5) is 17.7. The second kappa shape index (κ2) is 7.10. The molecule has 0 N–H and O–H groups in total. The molecule has 0 bridgehead atoms. The van der Waals surface area contributed by atoms with Crippen LogP contribution < -0.4 is 5.56 Å². The fourth-order valence-corrected chi connectivity index (χ4v) is 4.36. The van der Waals surface area contributed by atoms with Gasteiger partial charge in [0.1, 0.15) is 0 Å². The Morgan fingerprint density at radius 1 is 1.03 bits per heavy atom. The van der Waals surface area contributed by atoms with E-state index in [0.29, 0.717) is 28.0 Å². The molecular weight excluding hydrogens is 400 g/mol. The predicted octanol–water partition coefficient (Wildman–Crippen LogP) is 3.89. The largest absolute Gasteiger partial charge is 0.338 e. The molecule has 2 aromatic carbocycles. The zero-order valence-corrected chi connectivity index (χ0v) is 17.4. The number of benzene rings is 2. The van der Waals surface area contributed by atoms with Crippen LogP contribution in [-0.4, -0.2) is 29.3 Å². The van der Waals surface area contributed by atoms with Gasteiger partial charge >= 0.3 is 0 Å². The molecule has 0 radical (unpaired) electrons. The summed E-state index contributed by atoms with van der Waals surface area (Å²) in [5.74, 6) is 1.57.